The number of pyridine rings is 1. The smallest absolute Gasteiger partial charge is 0.417 e. The van der Waals surface area contributed by atoms with Crippen molar-refractivity contribution in [2.24, 2.45) is 5.10 Å². The lowest BCUT2D eigenvalue weighted by Crippen LogP contribution is -2.05. The Bertz CT molecular complexity index is 1290. The Balaban J connectivity index is 1.41. The molecule has 0 unspecified atom stereocenters. The van der Waals surface area contributed by atoms with Gasteiger partial charge in [0.2, 0.25) is 0 Å². The second kappa shape index (κ2) is 10.2. The summed E-state index contributed by atoms with van der Waals surface area (Å²) in [5.74, 6) is 1.01. The van der Waals surface area contributed by atoms with Crippen LogP contribution in [0.2, 0.25) is 0 Å². The van der Waals surface area contributed by atoms with Crippen molar-refractivity contribution >= 4 is 68.0 Å². The van der Waals surface area contributed by atoms with Crippen molar-refractivity contribution in [1.29, 1.82) is 0 Å². The van der Waals surface area contributed by atoms with Gasteiger partial charge in [0.05, 0.1) is 18.9 Å². The van der Waals surface area contributed by atoms with Crippen LogP contribution >= 0.6 is 45.2 Å². The van der Waals surface area contributed by atoms with Gasteiger partial charge >= 0.3 is 6.18 Å². The van der Waals surface area contributed by atoms with E-state index < -0.39 is 11.7 Å². The van der Waals surface area contributed by atoms with Gasteiger partial charge in [0.1, 0.15) is 18.2 Å². The number of benzene rings is 3. The standard InChI is InChI=1S/C24H16F3I2N3O/c25-24(26,27)19-7-8-22(30-13-19)32-31-12-16-10-20(28)23(21(29)11-16)33-14-15-5-6-17-3-1-2-4-18(17)9-15/h1-13H,14H2,(H,30,32)/b31-12-. The lowest BCUT2D eigenvalue weighted by Gasteiger charge is -2.12. The first-order valence-corrected chi connectivity index (χ1v) is 11.9. The van der Waals surface area contributed by atoms with Gasteiger partial charge in [-0.15, -0.1) is 0 Å². The van der Waals surface area contributed by atoms with Crippen LogP contribution in [0.4, 0.5) is 19.0 Å². The van der Waals surface area contributed by atoms with Crippen molar-refractivity contribution in [2.75, 3.05) is 5.43 Å². The van der Waals surface area contributed by atoms with E-state index >= 15 is 0 Å². The fraction of sp³-hybridized carbons (Fsp3) is 0.0833. The number of rotatable bonds is 6. The van der Waals surface area contributed by atoms with Crippen molar-refractivity contribution < 1.29 is 17.9 Å². The quantitative estimate of drug-likeness (QED) is 0.131. The third-order valence-corrected chi connectivity index (χ3v) is 6.30. The first kappa shape index (κ1) is 23.7. The zero-order valence-corrected chi connectivity index (χ0v) is 21.2. The molecular formula is C24H16F3I2N3O. The minimum Gasteiger partial charge on any atom is -0.487 e. The third kappa shape index (κ3) is 6.14. The number of hydrogen-bond acceptors (Lipinski definition) is 4. The summed E-state index contributed by atoms with van der Waals surface area (Å²) >= 11 is 4.42. The summed E-state index contributed by atoms with van der Waals surface area (Å²) in [4.78, 5) is 3.73. The number of aromatic nitrogens is 1. The molecule has 1 aromatic heterocycles. The van der Waals surface area contributed by atoms with Crippen LogP contribution in [0.3, 0.4) is 0 Å². The Morgan fingerprint density at radius 2 is 1.67 bits per heavy atom. The highest BCUT2D eigenvalue weighted by molar-refractivity contribution is 14.1. The van der Waals surface area contributed by atoms with E-state index in [2.05, 4.69) is 91.0 Å². The molecule has 3 aromatic carbocycles. The molecule has 4 aromatic rings. The number of hydrazone groups is 1. The molecule has 0 aliphatic heterocycles. The second-order valence-corrected chi connectivity index (χ2v) is 9.41. The van der Waals surface area contributed by atoms with E-state index in [1.807, 2.05) is 24.3 Å². The van der Waals surface area contributed by atoms with Gasteiger partial charge in [-0.25, -0.2) is 4.98 Å². The average molecular weight is 673 g/mol. The van der Waals surface area contributed by atoms with E-state index in [-0.39, 0.29) is 5.82 Å². The summed E-state index contributed by atoms with van der Waals surface area (Å²) in [5, 5.41) is 6.43. The topological polar surface area (TPSA) is 46.5 Å². The molecular weight excluding hydrogens is 657 g/mol. The Morgan fingerprint density at radius 3 is 2.33 bits per heavy atom. The Kier molecular flexibility index (Phi) is 7.37. The number of halogens is 5. The predicted molar refractivity (Wildman–Crippen MR) is 141 cm³/mol. The molecule has 0 radical (unpaired) electrons. The maximum Gasteiger partial charge on any atom is 0.417 e. The summed E-state index contributed by atoms with van der Waals surface area (Å²) in [6.07, 6.45) is -2.07. The van der Waals surface area contributed by atoms with Crippen LogP contribution in [0, 0.1) is 7.14 Å². The van der Waals surface area contributed by atoms with E-state index in [0.717, 1.165) is 36.3 Å². The molecule has 4 rings (SSSR count). The summed E-state index contributed by atoms with van der Waals surface area (Å²) < 4.78 is 45.8. The molecule has 0 amide bonds. The molecule has 9 heteroatoms. The van der Waals surface area contributed by atoms with Crippen molar-refractivity contribution in [1.82, 2.24) is 4.98 Å². The molecule has 0 atom stereocenters. The van der Waals surface area contributed by atoms with Crippen LogP contribution in [0.5, 0.6) is 5.75 Å². The molecule has 0 saturated carbocycles. The number of nitrogens with one attached hydrogen (secondary N) is 1. The first-order valence-electron chi connectivity index (χ1n) is 9.71. The second-order valence-electron chi connectivity index (χ2n) is 7.08. The molecule has 0 aliphatic carbocycles. The molecule has 0 bridgehead atoms. The van der Waals surface area contributed by atoms with E-state index in [1.54, 1.807) is 6.21 Å². The van der Waals surface area contributed by atoms with Crippen LogP contribution in [0.25, 0.3) is 10.8 Å². The number of ether oxygens (including phenoxy) is 1. The van der Waals surface area contributed by atoms with Crippen molar-refractivity contribution in [3.63, 3.8) is 0 Å². The molecule has 0 fully saturated rings. The van der Waals surface area contributed by atoms with Crippen LogP contribution in [0.15, 0.2) is 78.0 Å². The maximum absolute atomic E-state index is 12.6. The van der Waals surface area contributed by atoms with Crippen LogP contribution in [-0.2, 0) is 12.8 Å². The molecule has 1 heterocycles. The summed E-state index contributed by atoms with van der Waals surface area (Å²) in [7, 11) is 0. The maximum atomic E-state index is 12.6. The van der Waals surface area contributed by atoms with Crippen LogP contribution in [0.1, 0.15) is 16.7 Å². The van der Waals surface area contributed by atoms with E-state index in [1.165, 1.54) is 16.8 Å². The largest absolute Gasteiger partial charge is 0.487 e. The first-order chi connectivity index (χ1) is 15.8. The number of alkyl halides is 3. The molecule has 0 saturated heterocycles. The van der Waals surface area contributed by atoms with Crippen molar-refractivity contribution in [3.05, 3.63) is 96.8 Å². The lowest BCUT2D eigenvalue weighted by atomic mass is 10.1. The minimum atomic E-state index is -4.42. The van der Waals surface area contributed by atoms with Gasteiger partial charge in [0.15, 0.2) is 0 Å². The Hall–Kier alpha value is -2.41. The zero-order chi connectivity index (χ0) is 23.4. The Labute approximate surface area is 215 Å². The van der Waals surface area contributed by atoms with Crippen LogP contribution < -0.4 is 10.2 Å². The van der Waals surface area contributed by atoms with Gasteiger partial charge < -0.3 is 4.74 Å². The van der Waals surface area contributed by atoms with Gasteiger partial charge in [0, 0.05) is 6.20 Å². The SMILES string of the molecule is FC(F)(F)c1ccc(N/N=C\c2cc(I)c(OCc3ccc4ccccc4c3)c(I)c2)nc1. The van der Waals surface area contributed by atoms with Crippen molar-refractivity contribution in [2.45, 2.75) is 12.8 Å². The molecule has 0 aliphatic rings. The molecule has 168 valence electrons. The van der Waals surface area contributed by atoms with Gasteiger partial charge in [-0.3, -0.25) is 5.43 Å². The fourth-order valence-corrected chi connectivity index (χ4v) is 5.20. The van der Waals surface area contributed by atoms with Crippen molar-refractivity contribution in [3.8, 4) is 5.75 Å². The molecule has 1 N–H and O–H groups in total. The van der Waals surface area contributed by atoms with E-state index in [4.69, 9.17) is 4.74 Å². The number of fused-ring (bicyclic) bond motifs is 1. The summed E-state index contributed by atoms with van der Waals surface area (Å²) in [6, 6.07) is 20.5. The van der Waals surface area contributed by atoms with E-state index in [0.29, 0.717) is 6.61 Å². The number of anilines is 1. The van der Waals surface area contributed by atoms with Gasteiger partial charge in [-0.05, 0) is 97.4 Å². The number of nitrogens with zero attached hydrogens (tertiary/aromatic N) is 2. The summed E-state index contributed by atoms with van der Waals surface area (Å²) in [5.41, 5.74) is 3.74. The highest BCUT2D eigenvalue weighted by Crippen LogP contribution is 2.30. The number of hydrogen-bond donors (Lipinski definition) is 1. The molecule has 4 nitrogen and oxygen atoms in total. The van der Waals surface area contributed by atoms with Gasteiger partial charge in [0.25, 0.3) is 0 Å². The minimum absolute atomic E-state index is 0.221. The predicted octanol–water partition coefficient (Wildman–Crippen LogP) is 7.49. The third-order valence-electron chi connectivity index (χ3n) is 4.70. The van der Waals surface area contributed by atoms with Gasteiger partial charge in [-0.1, -0.05) is 36.4 Å². The monoisotopic (exact) mass is 673 g/mol. The Morgan fingerprint density at radius 1 is 0.939 bits per heavy atom. The normalized spacial score (nSPS) is 11.8. The fourth-order valence-electron chi connectivity index (χ4n) is 3.08. The highest BCUT2D eigenvalue weighted by atomic mass is 127. The zero-order valence-electron chi connectivity index (χ0n) is 16.9. The molecule has 0 spiro atoms. The molecule has 33 heavy (non-hydrogen) atoms. The van der Waals surface area contributed by atoms with Crippen LogP contribution in [-0.4, -0.2) is 11.2 Å². The lowest BCUT2D eigenvalue weighted by molar-refractivity contribution is -0.137. The van der Waals surface area contributed by atoms with E-state index in [9.17, 15) is 13.2 Å². The highest BCUT2D eigenvalue weighted by Gasteiger charge is 2.30. The van der Waals surface area contributed by atoms with Gasteiger partial charge in [-0.2, -0.15) is 18.3 Å². The average Bonchev–Trinajstić information content (AvgIpc) is 2.78. The summed E-state index contributed by atoms with van der Waals surface area (Å²) in [6.45, 7) is 0.450.